The first-order valence-corrected chi connectivity index (χ1v) is 8.34. The molecule has 0 aliphatic carbocycles. The highest BCUT2D eigenvalue weighted by atomic mass is 19.1. The molecule has 128 valence electrons. The van der Waals surface area contributed by atoms with Gasteiger partial charge in [-0.05, 0) is 37.6 Å². The van der Waals surface area contributed by atoms with Crippen LogP contribution in [0.15, 0.2) is 40.8 Å². The van der Waals surface area contributed by atoms with Gasteiger partial charge in [0.05, 0.1) is 11.7 Å². The number of likely N-dealkylation sites (tertiary alicyclic amines) is 1. The Balaban J connectivity index is 1.56. The number of aryl methyl sites for hydroxylation is 1. The fourth-order valence-corrected chi connectivity index (χ4v) is 3.11. The smallest absolute Gasteiger partial charge is 0.223 e. The van der Waals surface area contributed by atoms with Gasteiger partial charge in [0.15, 0.2) is 0 Å². The number of aliphatic hydroxyl groups is 1. The van der Waals surface area contributed by atoms with Crippen LogP contribution in [0.25, 0.3) is 11.3 Å². The maximum absolute atomic E-state index is 13.8. The van der Waals surface area contributed by atoms with Gasteiger partial charge in [0, 0.05) is 31.8 Å². The molecule has 0 saturated carbocycles. The van der Waals surface area contributed by atoms with Crippen LogP contribution in [0.3, 0.4) is 0 Å². The second kappa shape index (κ2) is 7.18. The standard InChI is InChI=1S/C19H22FNO3/c1-13(22)14-10-11-21(12-14)19(23)9-7-15-6-8-18(24-15)16-4-2-3-5-17(16)20/h2-6,8,13-14,22H,7,9-12H2,1H3. The monoisotopic (exact) mass is 331 g/mol. The Kier molecular flexibility index (Phi) is 5.00. The van der Waals surface area contributed by atoms with Gasteiger partial charge in [0.1, 0.15) is 17.3 Å². The highest BCUT2D eigenvalue weighted by molar-refractivity contribution is 5.76. The van der Waals surface area contributed by atoms with Gasteiger partial charge in [-0.2, -0.15) is 0 Å². The lowest BCUT2D eigenvalue weighted by Gasteiger charge is -2.17. The summed E-state index contributed by atoms with van der Waals surface area (Å²) >= 11 is 0. The molecule has 1 aromatic heterocycles. The molecule has 1 aromatic carbocycles. The zero-order chi connectivity index (χ0) is 17.1. The number of carbonyl (C=O) groups excluding carboxylic acids is 1. The van der Waals surface area contributed by atoms with Crippen molar-refractivity contribution in [2.24, 2.45) is 5.92 Å². The first kappa shape index (κ1) is 16.7. The van der Waals surface area contributed by atoms with Crippen molar-refractivity contribution in [3.63, 3.8) is 0 Å². The number of amides is 1. The van der Waals surface area contributed by atoms with Crippen molar-refractivity contribution < 1.29 is 18.7 Å². The normalized spacial score (nSPS) is 18.8. The molecule has 1 aliphatic heterocycles. The molecule has 1 amide bonds. The Bertz CT molecular complexity index is 710. The lowest BCUT2D eigenvalue weighted by atomic mass is 10.0. The highest BCUT2D eigenvalue weighted by Gasteiger charge is 2.28. The number of hydrogen-bond donors (Lipinski definition) is 1. The van der Waals surface area contributed by atoms with E-state index in [1.165, 1.54) is 6.07 Å². The number of hydrogen-bond acceptors (Lipinski definition) is 3. The van der Waals surface area contributed by atoms with Gasteiger partial charge >= 0.3 is 0 Å². The zero-order valence-electron chi connectivity index (χ0n) is 13.7. The number of rotatable bonds is 5. The average Bonchev–Trinajstić information content (AvgIpc) is 3.22. The van der Waals surface area contributed by atoms with Crippen molar-refractivity contribution >= 4 is 5.91 Å². The van der Waals surface area contributed by atoms with E-state index in [-0.39, 0.29) is 23.7 Å². The van der Waals surface area contributed by atoms with Gasteiger partial charge in [-0.25, -0.2) is 4.39 Å². The van der Waals surface area contributed by atoms with Crippen LogP contribution < -0.4 is 0 Å². The SMILES string of the molecule is CC(O)C1CCN(C(=O)CCc2ccc(-c3ccccc3F)o2)C1. The fourth-order valence-electron chi connectivity index (χ4n) is 3.11. The number of benzene rings is 1. The van der Waals surface area contributed by atoms with Crippen molar-refractivity contribution in [3.8, 4) is 11.3 Å². The minimum absolute atomic E-state index is 0.0713. The minimum Gasteiger partial charge on any atom is -0.461 e. The van der Waals surface area contributed by atoms with Gasteiger partial charge in [-0.3, -0.25) is 4.79 Å². The molecular weight excluding hydrogens is 309 g/mol. The fraction of sp³-hybridized carbons (Fsp3) is 0.421. The van der Waals surface area contributed by atoms with E-state index in [0.29, 0.717) is 43.0 Å². The summed E-state index contributed by atoms with van der Waals surface area (Å²) in [6, 6.07) is 9.99. The van der Waals surface area contributed by atoms with Crippen LogP contribution in [0.2, 0.25) is 0 Å². The van der Waals surface area contributed by atoms with E-state index in [1.54, 1.807) is 42.2 Å². The van der Waals surface area contributed by atoms with Crippen molar-refractivity contribution in [1.29, 1.82) is 0 Å². The lowest BCUT2D eigenvalue weighted by molar-refractivity contribution is -0.130. The second-order valence-corrected chi connectivity index (χ2v) is 6.37. The third-order valence-electron chi connectivity index (χ3n) is 4.65. The largest absolute Gasteiger partial charge is 0.461 e. The van der Waals surface area contributed by atoms with E-state index >= 15 is 0 Å². The summed E-state index contributed by atoms with van der Waals surface area (Å²) in [6.07, 6.45) is 1.32. The molecule has 5 heteroatoms. The predicted molar refractivity (Wildman–Crippen MR) is 88.8 cm³/mol. The molecule has 1 saturated heterocycles. The van der Waals surface area contributed by atoms with Crippen molar-refractivity contribution in [2.75, 3.05) is 13.1 Å². The van der Waals surface area contributed by atoms with E-state index in [4.69, 9.17) is 4.42 Å². The summed E-state index contributed by atoms with van der Waals surface area (Å²) in [4.78, 5) is 14.1. The molecule has 2 atom stereocenters. The maximum Gasteiger partial charge on any atom is 0.223 e. The third kappa shape index (κ3) is 3.67. The van der Waals surface area contributed by atoms with Crippen molar-refractivity contribution in [1.82, 2.24) is 4.90 Å². The molecule has 3 rings (SSSR count). The van der Waals surface area contributed by atoms with Crippen LogP contribution in [0.5, 0.6) is 0 Å². The molecule has 0 spiro atoms. The molecule has 24 heavy (non-hydrogen) atoms. The van der Waals surface area contributed by atoms with Gasteiger partial charge in [-0.15, -0.1) is 0 Å². The average molecular weight is 331 g/mol. The maximum atomic E-state index is 13.8. The summed E-state index contributed by atoms with van der Waals surface area (Å²) in [5.74, 6) is 1.07. The van der Waals surface area contributed by atoms with Crippen LogP contribution in [0.4, 0.5) is 4.39 Å². The molecule has 1 aliphatic rings. The van der Waals surface area contributed by atoms with Gasteiger partial charge < -0.3 is 14.4 Å². The third-order valence-corrected chi connectivity index (χ3v) is 4.65. The van der Waals surface area contributed by atoms with E-state index in [2.05, 4.69) is 0 Å². The summed E-state index contributed by atoms with van der Waals surface area (Å²) in [7, 11) is 0. The first-order chi connectivity index (χ1) is 11.5. The van der Waals surface area contributed by atoms with Crippen LogP contribution in [-0.4, -0.2) is 35.1 Å². The van der Waals surface area contributed by atoms with Gasteiger partial charge in [0.2, 0.25) is 5.91 Å². The summed E-state index contributed by atoms with van der Waals surface area (Å²) in [6.45, 7) is 3.09. The molecular formula is C19H22FNO3. The zero-order valence-corrected chi connectivity index (χ0v) is 13.7. The highest BCUT2D eigenvalue weighted by Crippen LogP contribution is 2.26. The Morgan fingerprint density at radius 1 is 1.38 bits per heavy atom. The summed E-state index contributed by atoms with van der Waals surface area (Å²) in [5.41, 5.74) is 0.425. The molecule has 1 N–H and O–H groups in total. The van der Waals surface area contributed by atoms with E-state index in [9.17, 15) is 14.3 Å². The van der Waals surface area contributed by atoms with E-state index in [0.717, 1.165) is 6.42 Å². The Morgan fingerprint density at radius 2 is 2.17 bits per heavy atom. The van der Waals surface area contributed by atoms with Crippen LogP contribution >= 0.6 is 0 Å². The first-order valence-electron chi connectivity index (χ1n) is 8.34. The number of carbonyl (C=O) groups is 1. The Morgan fingerprint density at radius 3 is 2.88 bits per heavy atom. The Labute approximate surface area is 140 Å². The van der Waals surface area contributed by atoms with Crippen LogP contribution in [-0.2, 0) is 11.2 Å². The van der Waals surface area contributed by atoms with Crippen LogP contribution in [0, 0.1) is 11.7 Å². The molecule has 2 aromatic rings. The van der Waals surface area contributed by atoms with E-state index in [1.807, 2.05) is 0 Å². The molecule has 2 unspecified atom stereocenters. The van der Waals surface area contributed by atoms with Crippen LogP contribution in [0.1, 0.15) is 25.5 Å². The number of furan rings is 1. The number of halogens is 1. The van der Waals surface area contributed by atoms with E-state index < -0.39 is 0 Å². The van der Waals surface area contributed by atoms with Gasteiger partial charge in [0.25, 0.3) is 0 Å². The quantitative estimate of drug-likeness (QED) is 0.915. The molecule has 0 bridgehead atoms. The second-order valence-electron chi connectivity index (χ2n) is 6.37. The number of nitrogens with zero attached hydrogens (tertiary/aromatic N) is 1. The molecule has 0 radical (unpaired) electrons. The lowest BCUT2D eigenvalue weighted by Crippen LogP contribution is -2.30. The minimum atomic E-state index is -0.379. The Hall–Kier alpha value is -2.14. The summed E-state index contributed by atoms with van der Waals surface area (Å²) < 4.78 is 19.4. The topological polar surface area (TPSA) is 53.7 Å². The molecule has 2 heterocycles. The molecule has 1 fully saturated rings. The van der Waals surface area contributed by atoms with Gasteiger partial charge in [-0.1, -0.05) is 12.1 Å². The summed E-state index contributed by atoms with van der Waals surface area (Å²) in [5, 5.41) is 9.61. The molecule has 4 nitrogen and oxygen atoms in total. The number of aliphatic hydroxyl groups excluding tert-OH is 1. The van der Waals surface area contributed by atoms with Crippen molar-refractivity contribution in [2.45, 2.75) is 32.3 Å². The van der Waals surface area contributed by atoms with Crippen molar-refractivity contribution in [3.05, 3.63) is 48.0 Å². The predicted octanol–water partition coefficient (Wildman–Crippen LogP) is 3.25.